The van der Waals surface area contributed by atoms with E-state index in [1.165, 1.54) is 0 Å². The lowest BCUT2D eigenvalue weighted by molar-refractivity contribution is 1.28. The van der Waals surface area contributed by atoms with E-state index in [0.29, 0.717) is 11.1 Å². The van der Waals surface area contributed by atoms with Crippen LogP contribution in [0.1, 0.15) is 27.8 Å². The van der Waals surface area contributed by atoms with Crippen molar-refractivity contribution in [3.05, 3.63) is 149 Å². The minimum Gasteiger partial charge on any atom is -0.311 e. The lowest BCUT2D eigenvalue weighted by Crippen LogP contribution is -2.09. The van der Waals surface area contributed by atoms with Gasteiger partial charge in [0.25, 0.3) is 0 Å². The molecule has 3 nitrogen and oxygen atoms in total. The van der Waals surface area contributed by atoms with E-state index in [1.807, 2.05) is 85.8 Å². The molecule has 0 aromatic heterocycles. The molecule has 6 rings (SSSR count). The number of nitrogens with zero attached hydrogens (tertiary/aromatic N) is 3. The lowest BCUT2D eigenvalue weighted by Gasteiger charge is -2.25. The van der Waals surface area contributed by atoms with Crippen LogP contribution in [-0.4, -0.2) is 0 Å². The van der Waals surface area contributed by atoms with E-state index in [9.17, 15) is 10.5 Å². The van der Waals surface area contributed by atoms with E-state index in [4.69, 9.17) is 0 Å². The molecule has 0 spiro atoms. The standard InChI is InChI=1S/C37H25N3/c1-26-12-20-32-34(22-26)36(24-38)33-21-17-28(23-35(33)37(32)25-39)14-13-27-15-18-31(19-16-27)40(29-8-4-2-5-9-29)30-10-6-3-7-11-30/h2-23H,1H3. The van der Waals surface area contributed by atoms with Gasteiger partial charge in [0, 0.05) is 38.6 Å². The quantitative estimate of drug-likeness (QED) is 0.171. The highest BCUT2D eigenvalue weighted by atomic mass is 15.1. The fourth-order valence-electron chi connectivity index (χ4n) is 5.23. The second-order valence-electron chi connectivity index (χ2n) is 9.76. The molecule has 6 aromatic carbocycles. The molecule has 0 amide bonds. The molecule has 0 fully saturated rings. The van der Waals surface area contributed by atoms with E-state index >= 15 is 0 Å². The third-order valence-corrected chi connectivity index (χ3v) is 7.17. The molecule has 0 saturated carbocycles. The van der Waals surface area contributed by atoms with Crippen LogP contribution >= 0.6 is 0 Å². The van der Waals surface area contributed by atoms with Gasteiger partial charge < -0.3 is 4.90 Å². The van der Waals surface area contributed by atoms with Crippen LogP contribution in [-0.2, 0) is 0 Å². The average molecular weight is 512 g/mol. The molecule has 0 unspecified atom stereocenters. The van der Waals surface area contributed by atoms with Gasteiger partial charge in [-0.1, -0.05) is 96.6 Å². The monoisotopic (exact) mass is 511 g/mol. The highest BCUT2D eigenvalue weighted by Crippen LogP contribution is 2.35. The zero-order chi connectivity index (χ0) is 27.5. The van der Waals surface area contributed by atoms with Crippen molar-refractivity contribution in [2.75, 3.05) is 4.90 Å². The summed E-state index contributed by atoms with van der Waals surface area (Å²) >= 11 is 0. The topological polar surface area (TPSA) is 50.8 Å². The molecular formula is C37H25N3. The predicted octanol–water partition coefficient (Wildman–Crippen LogP) is 9.68. The number of hydrogen-bond donors (Lipinski definition) is 0. The summed E-state index contributed by atoms with van der Waals surface area (Å²) < 4.78 is 0. The third-order valence-electron chi connectivity index (χ3n) is 7.17. The van der Waals surface area contributed by atoms with E-state index in [0.717, 1.165) is 55.3 Å². The van der Waals surface area contributed by atoms with Crippen molar-refractivity contribution in [1.29, 1.82) is 10.5 Å². The van der Waals surface area contributed by atoms with Gasteiger partial charge in [0.05, 0.1) is 11.1 Å². The van der Waals surface area contributed by atoms with Gasteiger partial charge in [0.15, 0.2) is 0 Å². The van der Waals surface area contributed by atoms with Gasteiger partial charge in [0.2, 0.25) is 0 Å². The first-order valence-electron chi connectivity index (χ1n) is 13.1. The molecule has 0 aliphatic carbocycles. The first-order valence-corrected chi connectivity index (χ1v) is 13.1. The molecular weight excluding hydrogens is 486 g/mol. The maximum absolute atomic E-state index is 10.0. The second-order valence-corrected chi connectivity index (χ2v) is 9.76. The molecule has 0 aliphatic rings. The van der Waals surface area contributed by atoms with Crippen LogP contribution in [0.25, 0.3) is 33.7 Å². The van der Waals surface area contributed by atoms with Gasteiger partial charge >= 0.3 is 0 Å². The van der Waals surface area contributed by atoms with Crippen molar-refractivity contribution >= 4 is 50.8 Å². The maximum atomic E-state index is 10.0. The number of fused-ring (bicyclic) bond motifs is 2. The summed E-state index contributed by atoms with van der Waals surface area (Å²) in [6.45, 7) is 2.00. The first-order chi connectivity index (χ1) is 19.7. The Labute approximate surface area is 234 Å². The fourth-order valence-corrected chi connectivity index (χ4v) is 5.23. The molecule has 3 heteroatoms. The minimum atomic E-state index is 0.602. The predicted molar refractivity (Wildman–Crippen MR) is 166 cm³/mol. The van der Waals surface area contributed by atoms with Crippen LogP contribution in [0, 0.1) is 29.6 Å². The van der Waals surface area contributed by atoms with Crippen LogP contribution in [0.3, 0.4) is 0 Å². The zero-order valence-electron chi connectivity index (χ0n) is 22.0. The van der Waals surface area contributed by atoms with Crippen LogP contribution in [0.15, 0.2) is 121 Å². The summed E-state index contributed by atoms with van der Waals surface area (Å²) in [4.78, 5) is 2.23. The molecule has 6 aromatic rings. The number of benzene rings is 6. The van der Waals surface area contributed by atoms with E-state index in [-0.39, 0.29) is 0 Å². The van der Waals surface area contributed by atoms with Gasteiger partial charge in [-0.25, -0.2) is 0 Å². The first kappa shape index (κ1) is 24.7. The summed E-state index contributed by atoms with van der Waals surface area (Å²) in [5, 5.41) is 23.3. The summed E-state index contributed by atoms with van der Waals surface area (Å²) in [5.74, 6) is 0. The van der Waals surface area contributed by atoms with Gasteiger partial charge in [-0.05, 0) is 60.5 Å². The smallest absolute Gasteiger partial charge is 0.100 e. The molecule has 40 heavy (non-hydrogen) atoms. The van der Waals surface area contributed by atoms with Crippen LogP contribution in [0.5, 0.6) is 0 Å². The van der Waals surface area contributed by atoms with Gasteiger partial charge in [-0.2, -0.15) is 10.5 Å². The Balaban J connectivity index is 1.35. The highest BCUT2D eigenvalue weighted by molar-refractivity contribution is 6.10. The number of rotatable bonds is 5. The number of anilines is 3. The van der Waals surface area contributed by atoms with Crippen LogP contribution in [0.2, 0.25) is 0 Å². The molecule has 0 radical (unpaired) electrons. The van der Waals surface area contributed by atoms with Crippen molar-refractivity contribution in [2.45, 2.75) is 6.92 Å². The second kappa shape index (κ2) is 10.6. The van der Waals surface area contributed by atoms with Crippen LogP contribution in [0.4, 0.5) is 17.1 Å². The van der Waals surface area contributed by atoms with E-state index < -0.39 is 0 Å². The van der Waals surface area contributed by atoms with Crippen molar-refractivity contribution < 1.29 is 0 Å². The number of hydrogen-bond acceptors (Lipinski definition) is 3. The summed E-state index contributed by atoms with van der Waals surface area (Å²) in [7, 11) is 0. The molecule has 0 atom stereocenters. The molecule has 0 bridgehead atoms. The Morgan fingerprint density at radius 3 is 1.55 bits per heavy atom. The Morgan fingerprint density at radius 2 is 0.975 bits per heavy atom. The molecule has 0 heterocycles. The zero-order valence-corrected chi connectivity index (χ0v) is 22.0. The molecule has 188 valence electrons. The van der Waals surface area contributed by atoms with Gasteiger partial charge in [0.1, 0.15) is 12.1 Å². The van der Waals surface area contributed by atoms with Crippen molar-refractivity contribution in [2.24, 2.45) is 0 Å². The number of para-hydroxylation sites is 2. The number of aryl methyl sites for hydroxylation is 1. The van der Waals surface area contributed by atoms with Crippen molar-refractivity contribution in [1.82, 2.24) is 0 Å². The Morgan fingerprint density at radius 1 is 0.500 bits per heavy atom. The summed E-state index contributed by atoms with van der Waals surface area (Å²) in [6.07, 6.45) is 4.12. The summed E-state index contributed by atoms with van der Waals surface area (Å²) in [5.41, 5.74) is 7.58. The van der Waals surface area contributed by atoms with Crippen LogP contribution < -0.4 is 4.90 Å². The molecule has 0 N–H and O–H groups in total. The largest absolute Gasteiger partial charge is 0.311 e. The van der Waals surface area contributed by atoms with E-state index in [2.05, 4.69) is 71.6 Å². The molecule has 0 saturated heterocycles. The highest BCUT2D eigenvalue weighted by Gasteiger charge is 2.14. The number of nitriles is 2. The van der Waals surface area contributed by atoms with Gasteiger partial charge in [-0.3, -0.25) is 0 Å². The SMILES string of the molecule is Cc1ccc2c(C#N)c3cc(C=Cc4ccc(N(c5ccccc5)c5ccccc5)cc4)ccc3c(C#N)c2c1. The Hall–Kier alpha value is -5.64. The fraction of sp³-hybridized carbons (Fsp3) is 0.0270. The Kier molecular flexibility index (Phi) is 6.55. The summed E-state index contributed by atoms with van der Waals surface area (Å²) in [6, 6.07) is 45.8. The Bertz CT molecular complexity index is 1920. The lowest BCUT2D eigenvalue weighted by atomic mass is 9.91. The van der Waals surface area contributed by atoms with E-state index in [1.54, 1.807) is 0 Å². The van der Waals surface area contributed by atoms with Crippen molar-refractivity contribution in [3.8, 4) is 12.1 Å². The van der Waals surface area contributed by atoms with Gasteiger partial charge in [-0.15, -0.1) is 0 Å². The molecule has 0 aliphatic heterocycles. The normalized spacial score (nSPS) is 11.0. The van der Waals surface area contributed by atoms with Crippen molar-refractivity contribution in [3.63, 3.8) is 0 Å². The minimum absolute atomic E-state index is 0.602. The maximum Gasteiger partial charge on any atom is 0.100 e. The third kappa shape index (κ3) is 4.58. The average Bonchev–Trinajstić information content (AvgIpc) is 3.00.